The zero-order valence-electron chi connectivity index (χ0n) is 22.6. The van der Waals surface area contributed by atoms with Gasteiger partial charge in [0.1, 0.15) is 11.3 Å². The van der Waals surface area contributed by atoms with Gasteiger partial charge in [-0.3, -0.25) is 19.7 Å². The van der Waals surface area contributed by atoms with E-state index < -0.39 is 29.2 Å². The summed E-state index contributed by atoms with van der Waals surface area (Å²) in [5.74, 6) is -3.18. The molecule has 3 aliphatic rings. The summed E-state index contributed by atoms with van der Waals surface area (Å²) >= 11 is 0. The van der Waals surface area contributed by atoms with Crippen molar-refractivity contribution in [3.05, 3.63) is 89.7 Å². The van der Waals surface area contributed by atoms with Gasteiger partial charge in [0.15, 0.2) is 40.3 Å². The molecule has 41 heavy (non-hydrogen) atoms. The molecule has 212 valence electrons. The number of ether oxygens (including phenoxy) is 2. The van der Waals surface area contributed by atoms with Crippen LogP contribution in [-0.4, -0.2) is 59.0 Å². The van der Waals surface area contributed by atoms with E-state index >= 15 is 0 Å². The van der Waals surface area contributed by atoms with E-state index in [1.54, 1.807) is 48.6 Å². The lowest BCUT2D eigenvalue weighted by Gasteiger charge is -2.31. The second-order valence-corrected chi connectivity index (χ2v) is 10.4. The van der Waals surface area contributed by atoms with Crippen LogP contribution in [0.5, 0.6) is 23.0 Å². The molecular weight excluding hydrogens is 526 g/mol. The Morgan fingerprint density at radius 1 is 0.976 bits per heavy atom. The van der Waals surface area contributed by atoms with E-state index in [1.165, 1.54) is 38.5 Å². The highest BCUT2D eigenvalue weighted by Crippen LogP contribution is 2.51. The normalized spacial score (nSPS) is 27.1. The van der Waals surface area contributed by atoms with Crippen molar-refractivity contribution in [3.8, 4) is 23.0 Å². The second kappa shape index (κ2) is 11.1. The van der Waals surface area contributed by atoms with Gasteiger partial charge in [-0.2, -0.15) is 0 Å². The van der Waals surface area contributed by atoms with Crippen molar-refractivity contribution in [1.29, 1.82) is 0 Å². The van der Waals surface area contributed by atoms with Crippen molar-refractivity contribution in [2.75, 3.05) is 20.8 Å². The number of hydrogen-bond donors (Lipinski definition) is 4. The lowest BCUT2D eigenvalue weighted by Crippen LogP contribution is -2.54. The molecule has 0 amide bonds. The molecule has 2 fully saturated rings. The van der Waals surface area contributed by atoms with Crippen LogP contribution < -0.4 is 14.8 Å². The molecule has 2 aromatic carbocycles. The molecule has 1 spiro atoms. The summed E-state index contributed by atoms with van der Waals surface area (Å²) in [7, 11) is 2.85. The molecule has 2 aromatic rings. The average molecular weight is 558 g/mol. The number of aromatic hydroxyl groups is 2. The predicted octanol–water partition coefficient (Wildman–Crippen LogP) is 3.78. The van der Waals surface area contributed by atoms with E-state index in [0.717, 1.165) is 6.08 Å². The summed E-state index contributed by atoms with van der Waals surface area (Å²) in [5, 5.41) is 33.8. The minimum absolute atomic E-state index is 0.0502. The molecule has 5 rings (SSSR count). The van der Waals surface area contributed by atoms with Crippen molar-refractivity contribution < 1.29 is 39.2 Å². The van der Waals surface area contributed by atoms with Gasteiger partial charge in [-0.1, -0.05) is 42.5 Å². The van der Waals surface area contributed by atoms with Crippen molar-refractivity contribution in [3.63, 3.8) is 0 Å². The Morgan fingerprint density at radius 3 is 2.29 bits per heavy atom. The summed E-state index contributed by atoms with van der Waals surface area (Å²) in [6, 6.07) is 9.41. The minimum atomic E-state index is -1.54. The molecule has 4 unspecified atom stereocenters. The molecule has 4 atom stereocenters. The summed E-state index contributed by atoms with van der Waals surface area (Å²) in [4.78, 5) is 40.8. The highest BCUT2D eigenvalue weighted by molar-refractivity contribution is 6.22. The first-order chi connectivity index (χ1) is 19.7. The third-order valence-electron chi connectivity index (χ3n) is 8.08. The van der Waals surface area contributed by atoms with Crippen molar-refractivity contribution in [2.45, 2.75) is 17.9 Å². The van der Waals surface area contributed by atoms with Gasteiger partial charge in [-0.15, -0.1) is 0 Å². The Labute approximate surface area is 237 Å². The number of methoxy groups -OCH3 is 2. The zero-order valence-corrected chi connectivity index (χ0v) is 22.6. The SMILES string of the molecule is COc1ccc(/C=C/C(O)=C/C(=O)CC2CNC3(C(=O)C4C=CC=CC4C3=O)C2c2ccc(O)c(OC)c2)cc1O. The number of carbonyl (C=O) groups is 3. The van der Waals surface area contributed by atoms with Gasteiger partial charge in [0, 0.05) is 25.0 Å². The number of Topliss-reactive ketones (excluding diaryl/α,β-unsaturated/α-hetero) is 2. The van der Waals surface area contributed by atoms with Gasteiger partial charge < -0.3 is 24.8 Å². The van der Waals surface area contributed by atoms with E-state index in [-0.39, 0.29) is 53.3 Å². The second-order valence-electron chi connectivity index (χ2n) is 10.4. The van der Waals surface area contributed by atoms with Crippen LogP contribution in [0.2, 0.25) is 0 Å². The molecule has 0 bridgehead atoms. The number of benzene rings is 2. The van der Waals surface area contributed by atoms with Gasteiger partial charge in [0.05, 0.1) is 26.1 Å². The number of rotatable bonds is 8. The number of allylic oxidation sites excluding steroid dienone is 6. The molecule has 1 saturated heterocycles. The third-order valence-corrected chi connectivity index (χ3v) is 8.08. The van der Waals surface area contributed by atoms with Crippen LogP contribution in [-0.2, 0) is 14.4 Å². The first-order valence-corrected chi connectivity index (χ1v) is 13.2. The minimum Gasteiger partial charge on any atom is -0.508 e. The van der Waals surface area contributed by atoms with Gasteiger partial charge in [-0.25, -0.2) is 0 Å². The molecule has 4 N–H and O–H groups in total. The maximum atomic E-state index is 13.9. The number of aliphatic hydroxyl groups is 1. The first-order valence-electron chi connectivity index (χ1n) is 13.2. The van der Waals surface area contributed by atoms with Crippen LogP contribution in [0.15, 0.2) is 78.6 Å². The number of fused-ring (bicyclic) bond motifs is 1. The standard InChI is InChI=1S/C32H31NO8/c1-40-27-12-8-18(13-26(27)37)7-10-21(34)16-22(35)14-20-17-33-32(29(20)19-9-11-25(36)28(15-19)41-2)30(38)23-5-3-4-6-24(23)31(32)39/h3-13,15-16,20,23-24,29,33-34,36-37H,14,17H2,1-2H3/b10-7+,21-16-. The van der Waals surface area contributed by atoms with Gasteiger partial charge >= 0.3 is 0 Å². The van der Waals surface area contributed by atoms with Crippen molar-refractivity contribution in [1.82, 2.24) is 5.32 Å². The van der Waals surface area contributed by atoms with Crippen LogP contribution in [0.1, 0.15) is 23.5 Å². The quantitative estimate of drug-likeness (QED) is 0.165. The van der Waals surface area contributed by atoms with E-state index in [1.807, 2.05) is 0 Å². The highest BCUT2D eigenvalue weighted by atomic mass is 16.5. The zero-order chi connectivity index (χ0) is 29.3. The molecule has 9 nitrogen and oxygen atoms in total. The predicted molar refractivity (Wildman–Crippen MR) is 151 cm³/mol. The third kappa shape index (κ3) is 4.93. The number of hydrogen-bond acceptors (Lipinski definition) is 9. The molecule has 1 saturated carbocycles. The lowest BCUT2D eigenvalue weighted by atomic mass is 9.71. The monoisotopic (exact) mass is 557 g/mol. The fraction of sp³-hybridized carbons (Fsp3) is 0.281. The molecule has 2 aliphatic carbocycles. The molecule has 0 radical (unpaired) electrons. The number of aliphatic hydroxyl groups excluding tert-OH is 1. The lowest BCUT2D eigenvalue weighted by molar-refractivity contribution is -0.132. The summed E-state index contributed by atoms with van der Waals surface area (Å²) in [6.45, 7) is 0.222. The fourth-order valence-corrected chi connectivity index (χ4v) is 6.23. The Morgan fingerprint density at radius 2 is 1.66 bits per heavy atom. The Bertz CT molecular complexity index is 1490. The molecule has 1 heterocycles. The van der Waals surface area contributed by atoms with Gasteiger partial charge in [0.25, 0.3) is 0 Å². The van der Waals surface area contributed by atoms with E-state index in [2.05, 4.69) is 5.32 Å². The summed E-state index contributed by atoms with van der Waals surface area (Å²) in [6.07, 6.45) is 10.9. The maximum absolute atomic E-state index is 13.9. The number of ketones is 3. The Balaban J connectivity index is 1.43. The number of nitrogens with one attached hydrogen (secondary N) is 1. The summed E-state index contributed by atoms with van der Waals surface area (Å²) < 4.78 is 10.3. The van der Waals surface area contributed by atoms with Crippen molar-refractivity contribution >= 4 is 23.4 Å². The smallest absolute Gasteiger partial charge is 0.168 e. The summed E-state index contributed by atoms with van der Waals surface area (Å²) in [5.41, 5.74) is -0.367. The molecule has 1 aliphatic heterocycles. The average Bonchev–Trinajstić information content (AvgIpc) is 3.44. The van der Waals surface area contributed by atoms with Crippen LogP contribution in [0, 0.1) is 17.8 Å². The fourth-order valence-electron chi connectivity index (χ4n) is 6.23. The van der Waals surface area contributed by atoms with Crippen LogP contribution >= 0.6 is 0 Å². The number of phenolic OH excluding ortho intramolecular Hbond substituents is 2. The Hall–Kier alpha value is -4.63. The van der Waals surface area contributed by atoms with Crippen molar-refractivity contribution in [2.24, 2.45) is 17.8 Å². The Kier molecular flexibility index (Phi) is 7.55. The number of phenols is 2. The topological polar surface area (TPSA) is 142 Å². The van der Waals surface area contributed by atoms with Gasteiger partial charge in [-0.05, 0) is 47.4 Å². The van der Waals surface area contributed by atoms with Gasteiger partial charge in [0.2, 0.25) is 0 Å². The largest absolute Gasteiger partial charge is 0.508 e. The van der Waals surface area contributed by atoms with E-state index in [9.17, 15) is 29.7 Å². The maximum Gasteiger partial charge on any atom is 0.168 e. The van der Waals surface area contributed by atoms with Crippen LogP contribution in [0.25, 0.3) is 6.08 Å². The molecule has 9 heteroatoms. The van der Waals surface area contributed by atoms with E-state index in [4.69, 9.17) is 9.47 Å². The van der Waals surface area contributed by atoms with E-state index in [0.29, 0.717) is 16.9 Å². The molecule has 0 aromatic heterocycles. The molecular formula is C32H31NO8. The van der Waals surface area contributed by atoms with Crippen LogP contribution in [0.3, 0.4) is 0 Å². The number of carbonyl (C=O) groups excluding carboxylic acids is 3. The first kappa shape index (κ1) is 27.9. The highest BCUT2D eigenvalue weighted by Gasteiger charge is 2.66. The van der Waals surface area contributed by atoms with Crippen LogP contribution in [0.4, 0.5) is 0 Å².